The topological polar surface area (TPSA) is 79.3 Å². The fourth-order valence-corrected chi connectivity index (χ4v) is 1.69. The van der Waals surface area contributed by atoms with Gasteiger partial charge in [-0.25, -0.2) is 9.18 Å². The van der Waals surface area contributed by atoms with E-state index in [2.05, 4.69) is 10.3 Å². The Morgan fingerprint density at radius 2 is 2.00 bits per heavy atom. The number of rotatable bonds is 4. The molecule has 1 aromatic heterocycles. The van der Waals surface area contributed by atoms with Crippen LogP contribution in [0, 0.1) is 5.82 Å². The van der Waals surface area contributed by atoms with E-state index in [1.54, 1.807) is 6.07 Å². The number of hydrogen-bond acceptors (Lipinski definition) is 3. The van der Waals surface area contributed by atoms with Gasteiger partial charge in [-0.15, -0.1) is 0 Å². The molecule has 0 aliphatic heterocycles. The zero-order chi connectivity index (χ0) is 14.5. The van der Waals surface area contributed by atoms with Gasteiger partial charge in [-0.1, -0.05) is 18.2 Å². The molecule has 1 amide bonds. The lowest BCUT2D eigenvalue weighted by atomic mass is 10.1. The predicted molar refractivity (Wildman–Crippen MR) is 69.9 cm³/mol. The molecule has 0 saturated heterocycles. The van der Waals surface area contributed by atoms with Crippen molar-refractivity contribution >= 4 is 17.6 Å². The molecule has 0 aliphatic carbocycles. The van der Waals surface area contributed by atoms with E-state index in [1.807, 2.05) is 0 Å². The zero-order valence-electron chi connectivity index (χ0n) is 10.3. The monoisotopic (exact) mass is 274 g/mol. The fourth-order valence-electron chi connectivity index (χ4n) is 1.69. The highest BCUT2D eigenvalue weighted by Crippen LogP contribution is 2.14. The normalized spacial score (nSPS) is 10.1. The summed E-state index contributed by atoms with van der Waals surface area (Å²) in [5.41, 5.74) is 0.258. The van der Waals surface area contributed by atoms with E-state index in [0.29, 0.717) is 0 Å². The molecule has 0 radical (unpaired) electrons. The molecule has 1 aromatic carbocycles. The van der Waals surface area contributed by atoms with Gasteiger partial charge in [0.25, 0.3) is 0 Å². The quantitative estimate of drug-likeness (QED) is 0.894. The Morgan fingerprint density at radius 3 is 2.70 bits per heavy atom. The van der Waals surface area contributed by atoms with Crippen molar-refractivity contribution < 1.29 is 19.1 Å². The first-order chi connectivity index (χ1) is 9.58. The predicted octanol–water partition coefficient (Wildman–Crippen LogP) is 2.10. The van der Waals surface area contributed by atoms with Crippen molar-refractivity contribution in [3.63, 3.8) is 0 Å². The summed E-state index contributed by atoms with van der Waals surface area (Å²) >= 11 is 0. The molecule has 2 N–H and O–H groups in total. The lowest BCUT2D eigenvalue weighted by molar-refractivity contribution is -0.115. The van der Waals surface area contributed by atoms with Crippen LogP contribution in [0.4, 0.5) is 10.1 Å². The largest absolute Gasteiger partial charge is 0.478 e. The highest BCUT2D eigenvalue weighted by molar-refractivity contribution is 6.00. The van der Waals surface area contributed by atoms with Crippen molar-refractivity contribution in [2.24, 2.45) is 0 Å². The molecule has 1 heterocycles. The third-order valence-corrected chi connectivity index (χ3v) is 2.63. The minimum atomic E-state index is -1.17. The Morgan fingerprint density at radius 1 is 1.25 bits per heavy atom. The summed E-state index contributed by atoms with van der Waals surface area (Å²) in [5.74, 6) is -2.16. The molecule has 102 valence electrons. The minimum Gasteiger partial charge on any atom is -0.478 e. The summed E-state index contributed by atoms with van der Waals surface area (Å²) < 4.78 is 13.4. The maximum atomic E-state index is 13.4. The molecular formula is C14H11FN2O3. The third-order valence-electron chi connectivity index (χ3n) is 2.63. The average Bonchev–Trinajstić information content (AvgIpc) is 2.41. The number of carboxylic acids is 1. The van der Waals surface area contributed by atoms with Crippen LogP contribution in [-0.2, 0) is 11.2 Å². The van der Waals surface area contributed by atoms with Gasteiger partial charge >= 0.3 is 5.97 Å². The van der Waals surface area contributed by atoms with Gasteiger partial charge in [0.05, 0.1) is 23.9 Å². The molecule has 0 spiro atoms. The summed E-state index contributed by atoms with van der Waals surface area (Å²) in [6.45, 7) is 0. The SMILES string of the molecule is O=C(Cc1ccccc1F)Nc1cnccc1C(=O)O. The van der Waals surface area contributed by atoms with Crippen molar-refractivity contribution in [3.05, 3.63) is 59.7 Å². The van der Waals surface area contributed by atoms with Crippen LogP contribution in [0.5, 0.6) is 0 Å². The average molecular weight is 274 g/mol. The van der Waals surface area contributed by atoms with Crippen molar-refractivity contribution in [3.8, 4) is 0 Å². The van der Waals surface area contributed by atoms with Gasteiger partial charge in [-0.2, -0.15) is 0 Å². The van der Waals surface area contributed by atoms with Gasteiger partial charge in [0.2, 0.25) is 5.91 Å². The fraction of sp³-hybridized carbons (Fsp3) is 0.0714. The van der Waals surface area contributed by atoms with Gasteiger partial charge in [-0.3, -0.25) is 9.78 Å². The number of pyridine rings is 1. The van der Waals surface area contributed by atoms with Crippen LogP contribution < -0.4 is 5.32 Å². The first kappa shape index (κ1) is 13.7. The molecule has 0 fully saturated rings. The van der Waals surface area contributed by atoms with Crippen LogP contribution in [0.3, 0.4) is 0 Å². The first-order valence-electron chi connectivity index (χ1n) is 5.78. The Labute approximate surface area is 114 Å². The summed E-state index contributed by atoms with van der Waals surface area (Å²) in [7, 11) is 0. The van der Waals surface area contributed by atoms with E-state index in [0.717, 1.165) is 0 Å². The number of nitrogens with zero attached hydrogens (tertiary/aromatic N) is 1. The van der Waals surface area contributed by atoms with E-state index in [1.165, 1.54) is 36.7 Å². The molecular weight excluding hydrogens is 263 g/mol. The lowest BCUT2D eigenvalue weighted by Gasteiger charge is -2.08. The zero-order valence-corrected chi connectivity index (χ0v) is 10.3. The van der Waals surface area contributed by atoms with E-state index >= 15 is 0 Å². The Kier molecular flexibility index (Phi) is 4.05. The van der Waals surface area contributed by atoms with Crippen LogP contribution in [0.2, 0.25) is 0 Å². The van der Waals surface area contributed by atoms with Crippen LogP contribution in [0.1, 0.15) is 15.9 Å². The smallest absolute Gasteiger partial charge is 0.337 e. The maximum absolute atomic E-state index is 13.4. The van der Waals surface area contributed by atoms with E-state index in [9.17, 15) is 14.0 Å². The van der Waals surface area contributed by atoms with E-state index < -0.39 is 17.7 Å². The van der Waals surface area contributed by atoms with Crippen molar-refractivity contribution in [1.82, 2.24) is 4.98 Å². The molecule has 0 bridgehead atoms. The molecule has 0 unspecified atom stereocenters. The van der Waals surface area contributed by atoms with Crippen LogP contribution in [0.25, 0.3) is 0 Å². The number of aromatic nitrogens is 1. The third kappa shape index (κ3) is 3.17. The standard InChI is InChI=1S/C14H11FN2O3/c15-11-4-2-1-3-9(11)7-13(18)17-12-8-16-6-5-10(12)14(19)20/h1-6,8H,7H2,(H,17,18)(H,19,20). The number of carboxylic acid groups (broad SMARTS) is 1. The molecule has 2 rings (SSSR count). The number of carbonyl (C=O) groups is 2. The highest BCUT2D eigenvalue weighted by Gasteiger charge is 2.13. The second kappa shape index (κ2) is 5.92. The Balaban J connectivity index is 2.13. The number of halogens is 1. The summed E-state index contributed by atoms with van der Waals surface area (Å²) in [6.07, 6.45) is 2.37. The maximum Gasteiger partial charge on any atom is 0.337 e. The van der Waals surface area contributed by atoms with Gasteiger partial charge < -0.3 is 10.4 Å². The minimum absolute atomic E-state index is 0.0677. The van der Waals surface area contributed by atoms with Crippen LogP contribution >= 0.6 is 0 Å². The molecule has 0 aliphatic rings. The second-order valence-electron chi connectivity index (χ2n) is 4.04. The van der Waals surface area contributed by atoms with Crippen molar-refractivity contribution in [2.45, 2.75) is 6.42 Å². The molecule has 0 saturated carbocycles. The van der Waals surface area contributed by atoms with E-state index in [-0.39, 0.29) is 23.2 Å². The molecule has 5 nitrogen and oxygen atoms in total. The Bertz CT molecular complexity index is 658. The molecule has 6 heteroatoms. The molecule has 0 atom stereocenters. The van der Waals surface area contributed by atoms with Crippen LogP contribution in [0.15, 0.2) is 42.7 Å². The summed E-state index contributed by atoms with van der Waals surface area (Å²) in [5, 5.41) is 11.4. The lowest BCUT2D eigenvalue weighted by Crippen LogP contribution is -2.17. The van der Waals surface area contributed by atoms with Crippen molar-refractivity contribution in [1.29, 1.82) is 0 Å². The number of amides is 1. The Hall–Kier alpha value is -2.76. The summed E-state index contributed by atoms with van der Waals surface area (Å²) in [4.78, 5) is 26.5. The summed E-state index contributed by atoms with van der Waals surface area (Å²) in [6, 6.07) is 7.19. The number of carbonyl (C=O) groups excluding carboxylic acids is 1. The second-order valence-corrected chi connectivity index (χ2v) is 4.04. The number of anilines is 1. The van der Waals surface area contributed by atoms with Gasteiger partial charge in [0.1, 0.15) is 5.82 Å². The van der Waals surface area contributed by atoms with E-state index in [4.69, 9.17) is 5.11 Å². The van der Waals surface area contributed by atoms with Crippen molar-refractivity contribution in [2.75, 3.05) is 5.32 Å². The molecule has 20 heavy (non-hydrogen) atoms. The first-order valence-corrected chi connectivity index (χ1v) is 5.78. The molecule has 2 aromatic rings. The highest BCUT2D eigenvalue weighted by atomic mass is 19.1. The number of hydrogen-bond donors (Lipinski definition) is 2. The number of benzene rings is 1. The van der Waals surface area contributed by atoms with Gasteiger partial charge in [0.15, 0.2) is 0 Å². The number of nitrogens with one attached hydrogen (secondary N) is 1. The number of aromatic carboxylic acids is 1. The van der Waals surface area contributed by atoms with Crippen LogP contribution in [-0.4, -0.2) is 22.0 Å². The van der Waals surface area contributed by atoms with Gasteiger partial charge in [0, 0.05) is 6.20 Å². The van der Waals surface area contributed by atoms with Gasteiger partial charge in [-0.05, 0) is 17.7 Å².